The quantitative estimate of drug-likeness (QED) is 0.748. The number of hydrogen-bond acceptors (Lipinski definition) is 2. The lowest BCUT2D eigenvalue weighted by Gasteiger charge is -2.11. The van der Waals surface area contributed by atoms with Crippen LogP contribution >= 0.6 is 11.6 Å². The van der Waals surface area contributed by atoms with E-state index < -0.39 is 0 Å². The first kappa shape index (κ1) is 14.7. The summed E-state index contributed by atoms with van der Waals surface area (Å²) in [6.07, 6.45) is 1.87. The van der Waals surface area contributed by atoms with Gasteiger partial charge in [0.05, 0.1) is 12.7 Å². The van der Waals surface area contributed by atoms with Gasteiger partial charge in [-0.25, -0.2) is 0 Å². The molecule has 3 rings (SSSR count). The molecule has 0 saturated carbocycles. The highest BCUT2D eigenvalue weighted by atomic mass is 35.5. The number of furan rings is 1. The second-order valence-corrected chi connectivity index (χ2v) is 5.83. The van der Waals surface area contributed by atoms with E-state index in [0.717, 1.165) is 33.3 Å². The number of amides is 1. The molecule has 112 valence electrons. The number of para-hydroxylation sites is 1. The monoisotopic (exact) mass is 313 g/mol. The van der Waals surface area contributed by atoms with Crippen LogP contribution in [0.5, 0.6) is 0 Å². The van der Waals surface area contributed by atoms with Gasteiger partial charge in [0.25, 0.3) is 0 Å². The van der Waals surface area contributed by atoms with Gasteiger partial charge in [-0.1, -0.05) is 29.8 Å². The van der Waals surface area contributed by atoms with Gasteiger partial charge < -0.3 is 9.73 Å². The first-order valence-electron chi connectivity index (χ1n) is 7.06. The van der Waals surface area contributed by atoms with Gasteiger partial charge in [-0.2, -0.15) is 0 Å². The molecular weight excluding hydrogens is 298 g/mol. The van der Waals surface area contributed by atoms with E-state index in [-0.39, 0.29) is 12.3 Å². The molecule has 0 atom stereocenters. The summed E-state index contributed by atoms with van der Waals surface area (Å²) >= 11 is 6.01. The fourth-order valence-electron chi connectivity index (χ4n) is 2.56. The number of halogens is 1. The summed E-state index contributed by atoms with van der Waals surface area (Å²) < 4.78 is 5.46. The Morgan fingerprint density at radius 1 is 1.18 bits per heavy atom. The molecule has 1 aromatic heterocycles. The number of fused-ring (bicyclic) bond motifs is 1. The van der Waals surface area contributed by atoms with E-state index in [1.54, 1.807) is 12.3 Å². The molecule has 0 fully saturated rings. The molecule has 0 aliphatic rings. The molecule has 0 saturated heterocycles. The average Bonchev–Trinajstić information content (AvgIpc) is 2.85. The summed E-state index contributed by atoms with van der Waals surface area (Å²) in [5.74, 6) is -0.0694. The molecule has 1 heterocycles. The number of carbonyl (C=O) groups excluding carboxylic acids is 1. The lowest BCUT2D eigenvalue weighted by atomic mass is 10.1. The normalized spacial score (nSPS) is 10.9. The van der Waals surface area contributed by atoms with Gasteiger partial charge in [-0.3, -0.25) is 4.79 Å². The lowest BCUT2D eigenvalue weighted by molar-refractivity contribution is -0.115. The first-order valence-corrected chi connectivity index (χ1v) is 7.44. The zero-order valence-electron chi connectivity index (χ0n) is 12.4. The van der Waals surface area contributed by atoms with E-state index >= 15 is 0 Å². The van der Waals surface area contributed by atoms with Crippen LogP contribution in [-0.4, -0.2) is 5.91 Å². The van der Waals surface area contributed by atoms with E-state index in [1.807, 2.05) is 44.2 Å². The van der Waals surface area contributed by atoms with Crippen molar-refractivity contribution in [3.05, 3.63) is 64.4 Å². The minimum Gasteiger partial charge on any atom is -0.464 e. The van der Waals surface area contributed by atoms with Crippen molar-refractivity contribution < 1.29 is 9.21 Å². The number of carbonyl (C=O) groups is 1. The molecule has 0 unspecified atom stereocenters. The van der Waals surface area contributed by atoms with Crippen molar-refractivity contribution in [1.82, 2.24) is 0 Å². The van der Waals surface area contributed by atoms with Gasteiger partial charge in [0.15, 0.2) is 0 Å². The summed E-state index contributed by atoms with van der Waals surface area (Å²) in [5.41, 5.74) is 4.54. The summed E-state index contributed by atoms with van der Waals surface area (Å²) in [7, 11) is 0. The Labute approximate surface area is 133 Å². The Morgan fingerprint density at radius 2 is 1.91 bits per heavy atom. The van der Waals surface area contributed by atoms with Crippen LogP contribution in [0.2, 0.25) is 5.02 Å². The van der Waals surface area contributed by atoms with Crippen LogP contribution in [0, 0.1) is 13.8 Å². The van der Waals surface area contributed by atoms with Crippen molar-refractivity contribution in [2.24, 2.45) is 0 Å². The Kier molecular flexibility index (Phi) is 3.90. The third-order valence-corrected chi connectivity index (χ3v) is 3.95. The Balaban J connectivity index is 1.83. The zero-order chi connectivity index (χ0) is 15.7. The minimum atomic E-state index is -0.0694. The highest BCUT2D eigenvalue weighted by Gasteiger charge is 2.12. The summed E-state index contributed by atoms with van der Waals surface area (Å²) in [6, 6.07) is 11.3. The van der Waals surface area contributed by atoms with Crippen LogP contribution in [0.15, 0.2) is 47.1 Å². The topological polar surface area (TPSA) is 42.2 Å². The zero-order valence-corrected chi connectivity index (χ0v) is 13.2. The maximum absolute atomic E-state index is 12.3. The molecule has 22 heavy (non-hydrogen) atoms. The molecule has 1 amide bonds. The summed E-state index contributed by atoms with van der Waals surface area (Å²) in [4.78, 5) is 12.3. The fourth-order valence-corrected chi connectivity index (χ4v) is 2.73. The van der Waals surface area contributed by atoms with E-state index in [4.69, 9.17) is 16.0 Å². The van der Waals surface area contributed by atoms with Gasteiger partial charge in [-0.05, 0) is 43.2 Å². The van der Waals surface area contributed by atoms with E-state index in [0.29, 0.717) is 5.02 Å². The highest BCUT2D eigenvalue weighted by Crippen LogP contribution is 2.26. The van der Waals surface area contributed by atoms with Crippen LogP contribution in [0.4, 0.5) is 5.69 Å². The largest absolute Gasteiger partial charge is 0.464 e. The standard InChI is InChI=1S/C18H16ClNO2/c1-11-4-3-5-12(2)18(11)20-17(21)8-13-10-22-16-7-6-14(19)9-15(13)16/h3-7,9-10H,8H2,1-2H3,(H,20,21). The number of nitrogens with one attached hydrogen (secondary N) is 1. The second-order valence-electron chi connectivity index (χ2n) is 5.39. The number of aryl methyl sites for hydroxylation is 2. The maximum atomic E-state index is 12.3. The molecule has 2 aromatic carbocycles. The van der Waals surface area contributed by atoms with Crippen molar-refractivity contribution in [2.45, 2.75) is 20.3 Å². The van der Waals surface area contributed by atoms with Crippen LogP contribution in [-0.2, 0) is 11.2 Å². The van der Waals surface area contributed by atoms with Gasteiger partial charge in [0.2, 0.25) is 5.91 Å². The van der Waals surface area contributed by atoms with Crippen molar-refractivity contribution >= 4 is 34.2 Å². The third kappa shape index (κ3) is 2.85. The average molecular weight is 314 g/mol. The Morgan fingerprint density at radius 3 is 2.64 bits per heavy atom. The van der Waals surface area contributed by atoms with Crippen LogP contribution < -0.4 is 5.32 Å². The van der Waals surface area contributed by atoms with Gasteiger partial charge >= 0.3 is 0 Å². The molecule has 1 N–H and O–H groups in total. The van der Waals surface area contributed by atoms with Crippen LogP contribution in [0.25, 0.3) is 11.0 Å². The van der Waals surface area contributed by atoms with Crippen molar-refractivity contribution in [2.75, 3.05) is 5.32 Å². The van der Waals surface area contributed by atoms with Crippen LogP contribution in [0.1, 0.15) is 16.7 Å². The van der Waals surface area contributed by atoms with Crippen molar-refractivity contribution in [1.29, 1.82) is 0 Å². The van der Waals surface area contributed by atoms with E-state index in [9.17, 15) is 4.79 Å². The number of rotatable bonds is 3. The molecule has 0 bridgehead atoms. The number of anilines is 1. The molecule has 4 heteroatoms. The Hall–Kier alpha value is -2.26. The molecule has 0 radical (unpaired) electrons. The SMILES string of the molecule is Cc1cccc(C)c1NC(=O)Cc1coc2ccc(Cl)cc12. The highest BCUT2D eigenvalue weighted by molar-refractivity contribution is 6.31. The van der Waals surface area contributed by atoms with Gasteiger partial charge in [0.1, 0.15) is 5.58 Å². The maximum Gasteiger partial charge on any atom is 0.228 e. The number of hydrogen-bond donors (Lipinski definition) is 1. The predicted octanol–water partition coefficient (Wildman–Crippen LogP) is 4.88. The Bertz CT molecular complexity index is 831. The molecule has 0 aliphatic carbocycles. The smallest absolute Gasteiger partial charge is 0.228 e. The minimum absolute atomic E-state index is 0.0694. The van der Waals surface area contributed by atoms with E-state index in [1.165, 1.54) is 0 Å². The summed E-state index contributed by atoms with van der Waals surface area (Å²) in [6.45, 7) is 3.96. The molecule has 3 nitrogen and oxygen atoms in total. The third-order valence-electron chi connectivity index (χ3n) is 3.71. The van der Waals surface area contributed by atoms with E-state index in [2.05, 4.69) is 5.32 Å². The van der Waals surface area contributed by atoms with Crippen LogP contribution in [0.3, 0.4) is 0 Å². The van der Waals surface area contributed by atoms with Gasteiger partial charge in [0, 0.05) is 21.7 Å². The summed E-state index contributed by atoms with van der Waals surface area (Å²) in [5, 5.41) is 4.49. The molecule has 0 spiro atoms. The lowest BCUT2D eigenvalue weighted by Crippen LogP contribution is -2.15. The molecule has 0 aliphatic heterocycles. The predicted molar refractivity (Wildman–Crippen MR) is 89.5 cm³/mol. The molecular formula is C18H16ClNO2. The second kappa shape index (κ2) is 5.85. The molecule has 3 aromatic rings. The number of benzene rings is 2. The van der Waals surface area contributed by atoms with Crippen molar-refractivity contribution in [3.63, 3.8) is 0 Å². The first-order chi connectivity index (χ1) is 10.5. The van der Waals surface area contributed by atoms with Gasteiger partial charge in [-0.15, -0.1) is 0 Å². The van der Waals surface area contributed by atoms with Crippen molar-refractivity contribution in [3.8, 4) is 0 Å². The fraction of sp³-hybridized carbons (Fsp3) is 0.167.